The number of rotatable bonds is 9. The van der Waals surface area contributed by atoms with Crippen LogP contribution in [0.3, 0.4) is 0 Å². The highest BCUT2D eigenvalue weighted by molar-refractivity contribution is 5.77. The molecule has 0 atom stereocenters. The van der Waals surface area contributed by atoms with E-state index in [9.17, 15) is 4.79 Å². The van der Waals surface area contributed by atoms with Gasteiger partial charge < -0.3 is 0 Å². The predicted molar refractivity (Wildman–Crippen MR) is 135 cm³/mol. The monoisotopic (exact) mass is 465 g/mol. The number of aromatic nitrogens is 7. The Kier molecular flexibility index (Phi) is 6.61. The Morgan fingerprint density at radius 2 is 1.77 bits per heavy atom. The van der Waals surface area contributed by atoms with E-state index in [1.807, 2.05) is 69.9 Å². The lowest BCUT2D eigenvalue weighted by molar-refractivity contribution is 0.661. The molecule has 0 aliphatic carbocycles. The van der Waals surface area contributed by atoms with E-state index in [0.29, 0.717) is 12.4 Å². The fourth-order valence-corrected chi connectivity index (χ4v) is 4.27. The van der Waals surface area contributed by atoms with E-state index >= 15 is 0 Å². The summed E-state index contributed by atoms with van der Waals surface area (Å²) in [5.74, 6) is 0.491. The molecule has 0 saturated carbocycles. The summed E-state index contributed by atoms with van der Waals surface area (Å²) in [6, 6.07) is 21.9. The summed E-state index contributed by atoms with van der Waals surface area (Å²) in [6.07, 6.45) is 7.53. The smallest absolute Gasteiger partial charge is 0.298 e. The first-order valence-corrected chi connectivity index (χ1v) is 11.9. The Labute approximate surface area is 203 Å². The zero-order chi connectivity index (χ0) is 24.0. The molecule has 0 spiro atoms. The minimum Gasteiger partial charge on any atom is -0.298 e. The standard InChI is InChI=1S/C27H27N7O/c1-2-3-10-23-19-33(18-16-20-8-5-4-6-9-20)27(35)34(23)22-14-12-21(13-15-22)25-24(11-7-17-28-25)26-29-31-32-30-26/h4-9,11-15,17,19H,2-3,10,16,18H2,1H3,(H,29,30,31,32). The van der Waals surface area contributed by atoms with Gasteiger partial charge in [0.1, 0.15) is 0 Å². The van der Waals surface area contributed by atoms with Crippen molar-refractivity contribution in [2.24, 2.45) is 0 Å². The second-order valence-corrected chi connectivity index (χ2v) is 8.45. The lowest BCUT2D eigenvalue weighted by Crippen LogP contribution is -2.24. The molecule has 8 nitrogen and oxygen atoms in total. The first kappa shape index (κ1) is 22.5. The molecule has 0 bridgehead atoms. The highest BCUT2D eigenvalue weighted by atomic mass is 16.1. The van der Waals surface area contributed by atoms with Crippen LogP contribution in [0.4, 0.5) is 0 Å². The molecule has 0 aliphatic heterocycles. The number of benzene rings is 2. The van der Waals surface area contributed by atoms with Crippen molar-refractivity contribution in [3.8, 4) is 28.3 Å². The van der Waals surface area contributed by atoms with Crippen LogP contribution in [0.2, 0.25) is 0 Å². The second kappa shape index (κ2) is 10.3. The number of nitrogens with one attached hydrogen (secondary N) is 1. The molecular formula is C27H27N7O. The molecule has 176 valence electrons. The van der Waals surface area contributed by atoms with Crippen LogP contribution in [0.1, 0.15) is 31.0 Å². The molecule has 0 radical (unpaired) electrons. The van der Waals surface area contributed by atoms with E-state index in [1.165, 1.54) is 5.56 Å². The van der Waals surface area contributed by atoms with Gasteiger partial charge in [-0.1, -0.05) is 55.8 Å². The topological polar surface area (TPSA) is 94.3 Å². The van der Waals surface area contributed by atoms with Gasteiger partial charge in [0.25, 0.3) is 0 Å². The third-order valence-corrected chi connectivity index (χ3v) is 6.09. The van der Waals surface area contributed by atoms with Gasteiger partial charge >= 0.3 is 5.69 Å². The molecule has 1 N–H and O–H groups in total. The number of nitrogens with zero attached hydrogens (tertiary/aromatic N) is 6. The molecule has 0 unspecified atom stereocenters. The molecule has 0 fully saturated rings. The molecule has 0 saturated heterocycles. The molecule has 5 aromatic rings. The van der Waals surface area contributed by atoms with Crippen molar-refractivity contribution >= 4 is 0 Å². The number of pyridine rings is 1. The number of imidazole rings is 1. The van der Waals surface area contributed by atoms with E-state index in [4.69, 9.17) is 0 Å². The van der Waals surface area contributed by atoms with Crippen LogP contribution in [0, 0.1) is 0 Å². The number of unbranched alkanes of at least 4 members (excludes halogenated alkanes) is 1. The van der Waals surface area contributed by atoms with E-state index in [2.05, 4.69) is 44.7 Å². The Morgan fingerprint density at radius 1 is 0.943 bits per heavy atom. The minimum absolute atomic E-state index is 0.00916. The van der Waals surface area contributed by atoms with Crippen LogP contribution in [0.5, 0.6) is 0 Å². The third-order valence-electron chi connectivity index (χ3n) is 6.09. The van der Waals surface area contributed by atoms with Gasteiger partial charge in [-0.05, 0) is 54.3 Å². The number of H-pyrrole nitrogens is 1. The number of aryl methyl sites for hydroxylation is 3. The van der Waals surface area contributed by atoms with Crippen LogP contribution in [0.15, 0.2) is 83.9 Å². The Hall–Kier alpha value is -4.33. The first-order chi connectivity index (χ1) is 17.2. The molecule has 3 heterocycles. The fourth-order valence-electron chi connectivity index (χ4n) is 4.27. The van der Waals surface area contributed by atoms with Crippen LogP contribution in [-0.2, 0) is 19.4 Å². The second-order valence-electron chi connectivity index (χ2n) is 8.45. The normalized spacial score (nSPS) is 11.1. The Balaban J connectivity index is 1.47. The zero-order valence-corrected chi connectivity index (χ0v) is 19.6. The quantitative estimate of drug-likeness (QED) is 0.347. The van der Waals surface area contributed by atoms with Crippen molar-refractivity contribution in [3.63, 3.8) is 0 Å². The van der Waals surface area contributed by atoms with E-state index in [0.717, 1.165) is 53.9 Å². The third kappa shape index (κ3) is 4.82. The number of tetrazole rings is 1. The Morgan fingerprint density at radius 3 is 2.51 bits per heavy atom. The lowest BCUT2D eigenvalue weighted by Gasteiger charge is -2.09. The van der Waals surface area contributed by atoms with Gasteiger partial charge in [-0.2, -0.15) is 5.21 Å². The Bertz CT molecular complexity index is 1440. The summed E-state index contributed by atoms with van der Waals surface area (Å²) in [5, 5.41) is 14.3. The van der Waals surface area contributed by atoms with E-state index in [-0.39, 0.29) is 5.69 Å². The maximum atomic E-state index is 13.4. The largest absolute Gasteiger partial charge is 0.332 e. The van der Waals surface area contributed by atoms with Gasteiger partial charge in [-0.25, -0.2) is 4.79 Å². The van der Waals surface area contributed by atoms with Gasteiger partial charge in [0, 0.05) is 35.8 Å². The molecule has 0 amide bonds. The zero-order valence-electron chi connectivity index (χ0n) is 19.6. The summed E-state index contributed by atoms with van der Waals surface area (Å²) < 4.78 is 3.67. The van der Waals surface area contributed by atoms with Crippen LogP contribution < -0.4 is 5.69 Å². The molecule has 2 aromatic carbocycles. The fraction of sp³-hybridized carbons (Fsp3) is 0.222. The SMILES string of the molecule is CCCCc1cn(CCc2ccccc2)c(=O)n1-c1ccc(-c2ncccc2-c2nn[nH]n2)cc1. The lowest BCUT2D eigenvalue weighted by atomic mass is 10.0. The van der Waals surface area contributed by atoms with E-state index in [1.54, 1.807) is 6.20 Å². The predicted octanol–water partition coefficient (Wildman–Crippen LogP) is 4.47. The number of hydrogen-bond acceptors (Lipinski definition) is 5. The average molecular weight is 466 g/mol. The highest BCUT2D eigenvalue weighted by Gasteiger charge is 2.15. The molecule has 0 aliphatic rings. The maximum absolute atomic E-state index is 13.4. The molecule has 5 rings (SSSR count). The van der Waals surface area contributed by atoms with Crippen LogP contribution in [0.25, 0.3) is 28.3 Å². The maximum Gasteiger partial charge on any atom is 0.332 e. The summed E-state index contributed by atoms with van der Waals surface area (Å²) >= 11 is 0. The van der Waals surface area contributed by atoms with Gasteiger partial charge in [-0.3, -0.25) is 14.1 Å². The summed E-state index contributed by atoms with van der Waals surface area (Å²) in [7, 11) is 0. The molecular weight excluding hydrogens is 438 g/mol. The van der Waals surface area contributed by atoms with Crippen molar-refractivity contribution in [2.45, 2.75) is 39.2 Å². The average Bonchev–Trinajstić information content (AvgIpc) is 3.55. The highest BCUT2D eigenvalue weighted by Crippen LogP contribution is 2.28. The van der Waals surface area contributed by atoms with E-state index < -0.39 is 0 Å². The first-order valence-electron chi connectivity index (χ1n) is 11.9. The number of hydrogen-bond donors (Lipinski definition) is 1. The molecule has 35 heavy (non-hydrogen) atoms. The van der Waals surface area contributed by atoms with Crippen LogP contribution >= 0.6 is 0 Å². The molecule has 8 heteroatoms. The van der Waals surface area contributed by atoms with Gasteiger partial charge in [0.05, 0.1) is 11.4 Å². The summed E-state index contributed by atoms with van der Waals surface area (Å²) in [4.78, 5) is 18.0. The number of aromatic amines is 1. The van der Waals surface area contributed by atoms with Crippen molar-refractivity contribution < 1.29 is 0 Å². The van der Waals surface area contributed by atoms with Crippen molar-refractivity contribution in [1.82, 2.24) is 34.7 Å². The van der Waals surface area contributed by atoms with Gasteiger partial charge in [-0.15, -0.1) is 10.2 Å². The van der Waals surface area contributed by atoms with Gasteiger partial charge in [0.15, 0.2) is 0 Å². The van der Waals surface area contributed by atoms with Crippen molar-refractivity contribution in [1.29, 1.82) is 0 Å². The summed E-state index contributed by atoms with van der Waals surface area (Å²) in [5.41, 5.74) is 5.56. The summed E-state index contributed by atoms with van der Waals surface area (Å²) in [6.45, 7) is 2.81. The van der Waals surface area contributed by atoms with Crippen molar-refractivity contribution in [3.05, 3.63) is 101 Å². The van der Waals surface area contributed by atoms with Crippen LogP contribution in [-0.4, -0.2) is 34.7 Å². The minimum atomic E-state index is -0.00916. The van der Waals surface area contributed by atoms with Gasteiger partial charge in [0.2, 0.25) is 5.82 Å². The molecule has 3 aromatic heterocycles. The van der Waals surface area contributed by atoms with Crippen molar-refractivity contribution in [2.75, 3.05) is 0 Å².